The van der Waals surface area contributed by atoms with Crippen molar-refractivity contribution < 1.29 is 4.79 Å². The Labute approximate surface area is 116 Å². The first-order chi connectivity index (χ1) is 9.20. The van der Waals surface area contributed by atoms with Gasteiger partial charge in [-0.1, -0.05) is 24.3 Å². The van der Waals surface area contributed by atoms with E-state index in [0.29, 0.717) is 0 Å². The van der Waals surface area contributed by atoms with Gasteiger partial charge >= 0.3 is 0 Å². The Hall–Kier alpha value is -1.94. The molecule has 0 saturated carbocycles. The number of amides is 1. The van der Waals surface area contributed by atoms with E-state index in [2.05, 4.69) is 15.3 Å². The zero-order chi connectivity index (χ0) is 13.7. The van der Waals surface area contributed by atoms with Crippen LogP contribution in [0.5, 0.6) is 0 Å². The van der Waals surface area contributed by atoms with Gasteiger partial charge in [0, 0.05) is 18.0 Å². The average molecular weight is 276 g/mol. The van der Waals surface area contributed by atoms with Gasteiger partial charge in [-0.2, -0.15) is 0 Å². The summed E-state index contributed by atoms with van der Waals surface area (Å²) in [5.41, 5.74) is 3.03. The summed E-state index contributed by atoms with van der Waals surface area (Å²) in [5, 5.41) is 2.81. The summed E-state index contributed by atoms with van der Waals surface area (Å²) >= 11 is 5.46. The van der Waals surface area contributed by atoms with Crippen LogP contribution in [-0.2, 0) is 4.79 Å². The molecule has 0 aliphatic carbocycles. The third kappa shape index (κ3) is 3.51. The van der Waals surface area contributed by atoms with Gasteiger partial charge in [-0.25, -0.2) is 9.97 Å². The minimum absolute atomic E-state index is 0.0240. The Bertz CT molecular complexity index is 542. The molecule has 0 aliphatic rings. The number of carbonyl (C=O) groups excluding carboxylic acids is 1. The van der Waals surface area contributed by atoms with Gasteiger partial charge in [0.05, 0.1) is 6.04 Å². The standard InChI is InChI=1S/C14H14ClN3O/c1-10(18-14(19)6-15)11-2-4-12(5-3-11)13-7-16-9-17-8-13/h2-5,7-10H,6H2,1H3,(H,18,19). The highest BCUT2D eigenvalue weighted by Gasteiger charge is 2.08. The average Bonchev–Trinajstić information content (AvgIpc) is 2.48. The Kier molecular flexibility index (Phi) is 4.47. The molecule has 1 N–H and O–H groups in total. The fourth-order valence-electron chi connectivity index (χ4n) is 1.78. The van der Waals surface area contributed by atoms with Crippen LogP contribution < -0.4 is 5.32 Å². The molecule has 4 nitrogen and oxygen atoms in total. The second-order valence-electron chi connectivity index (χ2n) is 4.17. The van der Waals surface area contributed by atoms with Crippen LogP contribution in [0.15, 0.2) is 43.0 Å². The van der Waals surface area contributed by atoms with Gasteiger partial charge < -0.3 is 5.32 Å². The molecule has 1 unspecified atom stereocenters. The topological polar surface area (TPSA) is 54.9 Å². The highest BCUT2D eigenvalue weighted by molar-refractivity contribution is 6.27. The monoisotopic (exact) mass is 275 g/mol. The van der Waals surface area contributed by atoms with E-state index in [4.69, 9.17) is 11.6 Å². The molecule has 2 rings (SSSR count). The summed E-state index contributed by atoms with van der Waals surface area (Å²) < 4.78 is 0. The second-order valence-corrected chi connectivity index (χ2v) is 4.44. The van der Waals surface area contributed by atoms with Crippen molar-refractivity contribution in [3.8, 4) is 11.1 Å². The van der Waals surface area contributed by atoms with Crippen LogP contribution in [0, 0.1) is 0 Å². The molecule has 0 fully saturated rings. The molecule has 0 spiro atoms. The van der Waals surface area contributed by atoms with E-state index in [0.717, 1.165) is 16.7 Å². The molecule has 98 valence electrons. The van der Waals surface area contributed by atoms with Crippen molar-refractivity contribution in [2.24, 2.45) is 0 Å². The van der Waals surface area contributed by atoms with Crippen molar-refractivity contribution in [1.82, 2.24) is 15.3 Å². The predicted octanol–water partition coefficient (Wildman–Crippen LogP) is 2.56. The predicted molar refractivity (Wildman–Crippen MR) is 74.7 cm³/mol. The maximum atomic E-state index is 11.2. The maximum Gasteiger partial charge on any atom is 0.235 e. The third-order valence-corrected chi connectivity index (χ3v) is 3.05. The summed E-state index contributed by atoms with van der Waals surface area (Å²) in [6, 6.07) is 7.85. The number of hydrogen-bond donors (Lipinski definition) is 1. The zero-order valence-electron chi connectivity index (χ0n) is 10.5. The van der Waals surface area contributed by atoms with Crippen LogP contribution in [0.4, 0.5) is 0 Å². The van der Waals surface area contributed by atoms with Crippen molar-refractivity contribution in [2.45, 2.75) is 13.0 Å². The van der Waals surface area contributed by atoms with Gasteiger partial charge in [0.1, 0.15) is 12.2 Å². The summed E-state index contributed by atoms with van der Waals surface area (Å²) in [6.07, 6.45) is 5.03. The third-order valence-electron chi connectivity index (χ3n) is 2.80. The highest BCUT2D eigenvalue weighted by Crippen LogP contribution is 2.20. The number of nitrogens with zero attached hydrogens (tertiary/aromatic N) is 2. The largest absolute Gasteiger partial charge is 0.349 e. The second kappa shape index (κ2) is 6.29. The molecule has 19 heavy (non-hydrogen) atoms. The minimum Gasteiger partial charge on any atom is -0.349 e. The maximum absolute atomic E-state index is 11.2. The molecule has 0 saturated heterocycles. The number of nitrogens with one attached hydrogen (secondary N) is 1. The van der Waals surface area contributed by atoms with Gasteiger partial charge in [0.15, 0.2) is 0 Å². The first-order valence-electron chi connectivity index (χ1n) is 5.91. The Morgan fingerprint density at radius 2 is 1.84 bits per heavy atom. The Balaban J connectivity index is 2.12. The van der Waals surface area contributed by atoms with Gasteiger partial charge in [-0.05, 0) is 18.1 Å². The van der Waals surface area contributed by atoms with Crippen molar-refractivity contribution in [1.29, 1.82) is 0 Å². The van der Waals surface area contributed by atoms with E-state index in [1.54, 1.807) is 12.4 Å². The lowest BCUT2D eigenvalue weighted by Crippen LogP contribution is -2.27. The van der Waals surface area contributed by atoms with E-state index >= 15 is 0 Å². The number of aromatic nitrogens is 2. The number of rotatable bonds is 4. The first kappa shape index (κ1) is 13.5. The Morgan fingerprint density at radius 3 is 2.42 bits per heavy atom. The van der Waals surface area contributed by atoms with Crippen molar-refractivity contribution in [3.05, 3.63) is 48.5 Å². The van der Waals surface area contributed by atoms with Crippen LogP contribution in [-0.4, -0.2) is 21.8 Å². The molecule has 1 atom stereocenters. The lowest BCUT2D eigenvalue weighted by Gasteiger charge is -2.13. The number of alkyl halides is 1. The van der Waals surface area contributed by atoms with Crippen molar-refractivity contribution >= 4 is 17.5 Å². The van der Waals surface area contributed by atoms with E-state index in [-0.39, 0.29) is 17.8 Å². The van der Waals surface area contributed by atoms with Crippen molar-refractivity contribution in [2.75, 3.05) is 5.88 Å². The minimum atomic E-state index is -0.172. The molecule has 2 aromatic rings. The summed E-state index contributed by atoms with van der Waals surface area (Å²) in [4.78, 5) is 19.2. The molecular weight excluding hydrogens is 262 g/mol. The van der Waals surface area contributed by atoms with E-state index in [9.17, 15) is 4.79 Å². The lowest BCUT2D eigenvalue weighted by molar-refractivity contribution is -0.119. The first-order valence-corrected chi connectivity index (χ1v) is 6.45. The molecule has 1 aromatic carbocycles. The van der Waals surface area contributed by atoms with Gasteiger partial charge in [-0.15, -0.1) is 11.6 Å². The summed E-state index contributed by atoms with van der Waals surface area (Å²) in [7, 11) is 0. The number of carbonyl (C=O) groups is 1. The summed E-state index contributed by atoms with van der Waals surface area (Å²) in [5.74, 6) is -0.196. The van der Waals surface area contributed by atoms with E-state index < -0.39 is 0 Å². The number of halogens is 1. The van der Waals surface area contributed by atoms with Gasteiger partial charge in [0.25, 0.3) is 0 Å². The van der Waals surface area contributed by atoms with Crippen LogP contribution in [0.25, 0.3) is 11.1 Å². The highest BCUT2D eigenvalue weighted by atomic mass is 35.5. The molecular formula is C14H14ClN3O. The van der Waals surface area contributed by atoms with Crippen LogP contribution in [0.2, 0.25) is 0 Å². The van der Waals surface area contributed by atoms with Gasteiger partial charge in [0.2, 0.25) is 5.91 Å². The van der Waals surface area contributed by atoms with Gasteiger partial charge in [-0.3, -0.25) is 4.79 Å². The van der Waals surface area contributed by atoms with Crippen LogP contribution in [0.3, 0.4) is 0 Å². The summed E-state index contributed by atoms with van der Waals surface area (Å²) in [6.45, 7) is 1.92. The van der Waals surface area contributed by atoms with Crippen LogP contribution >= 0.6 is 11.6 Å². The van der Waals surface area contributed by atoms with Crippen LogP contribution in [0.1, 0.15) is 18.5 Å². The zero-order valence-corrected chi connectivity index (χ0v) is 11.3. The molecule has 0 aliphatic heterocycles. The fourth-order valence-corrected chi connectivity index (χ4v) is 1.85. The SMILES string of the molecule is CC(NC(=O)CCl)c1ccc(-c2cncnc2)cc1. The molecule has 0 bridgehead atoms. The van der Waals surface area contributed by atoms with E-state index in [1.165, 1.54) is 6.33 Å². The van der Waals surface area contributed by atoms with E-state index in [1.807, 2.05) is 31.2 Å². The molecule has 1 aromatic heterocycles. The smallest absolute Gasteiger partial charge is 0.235 e. The molecule has 1 heterocycles. The molecule has 5 heteroatoms. The quantitative estimate of drug-likeness (QED) is 0.873. The molecule has 0 radical (unpaired) electrons. The number of hydrogen-bond acceptors (Lipinski definition) is 3. The van der Waals surface area contributed by atoms with Crippen molar-refractivity contribution in [3.63, 3.8) is 0 Å². The fraction of sp³-hybridized carbons (Fsp3) is 0.214. The lowest BCUT2D eigenvalue weighted by atomic mass is 10.0. The normalized spacial score (nSPS) is 11.9. The molecule has 1 amide bonds. The number of benzene rings is 1. The Morgan fingerprint density at radius 1 is 1.21 bits per heavy atom.